The van der Waals surface area contributed by atoms with Crippen molar-refractivity contribution in [2.75, 3.05) is 0 Å². The molecule has 1 aliphatic carbocycles. The van der Waals surface area contributed by atoms with E-state index in [-0.39, 0.29) is 11.5 Å². The van der Waals surface area contributed by atoms with Crippen LogP contribution < -0.4 is 5.73 Å². The van der Waals surface area contributed by atoms with Crippen molar-refractivity contribution < 1.29 is 9.53 Å². The number of ether oxygens (including phenoxy) is 1. The van der Waals surface area contributed by atoms with E-state index in [0.717, 1.165) is 12.0 Å². The smallest absolute Gasteiger partial charge is 0.405 e. The molecule has 2 N–H and O–H groups in total. The van der Waals surface area contributed by atoms with Crippen LogP contribution in [0.2, 0.25) is 0 Å². The molecular formula is C20H23NO2. The van der Waals surface area contributed by atoms with Crippen molar-refractivity contribution in [2.45, 2.75) is 40.2 Å². The average Bonchev–Trinajstić information content (AvgIpc) is 2.71. The molecule has 0 saturated carbocycles. The number of fused-ring (bicyclic) bond motifs is 1. The number of carbonyl (C=O) groups excluding carboxylic acids is 1. The van der Waals surface area contributed by atoms with Crippen molar-refractivity contribution in [1.29, 1.82) is 0 Å². The fourth-order valence-corrected chi connectivity index (χ4v) is 3.57. The van der Waals surface area contributed by atoms with Gasteiger partial charge in [-0.05, 0) is 48.1 Å². The minimum Gasteiger partial charge on any atom is -0.441 e. The molecule has 1 aliphatic rings. The zero-order chi connectivity index (χ0) is 16.8. The first kappa shape index (κ1) is 15.6. The van der Waals surface area contributed by atoms with Gasteiger partial charge < -0.3 is 10.5 Å². The Bertz CT molecular complexity index is 777. The molecule has 23 heavy (non-hydrogen) atoms. The third-order valence-corrected chi connectivity index (χ3v) is 4.72. The Morgan fingerprint density at radius 1 is 1.17 bits per heavy atom. The summed E-state index contributed by atoms with van der Waals surface area (Å²) in [5, 5.41) is 0. The SMILES string of the molecule is Cc1ccc(C)c(-c2ccc3c(c2)CC(C)(C)C3OC(N)=O)c1. The second kappa shape index (κ2) is 5.41. The molecule has 0 saturated heterocycles. The summed E-state index contributed by atoms with van der Waals surface area (Å²) in [7, 11) is 0. The van der Waals surface area contributed by atoms with Crippen LogP contribution in [0.15, 0.2) is 36.4 Å². The molecule has 0 bridgehead atoms. The fraction of sp³-hybridized carbons (Fsp3) is 0.350. The number of nitrogens with two attached hydrogens (primary N) is 1. The fourth-order valence-electron chi connectivity index (χ4n) is 3.57. The molecule has 3 rings (SSSR count). The molecular weight excluding hydrogens is 286 g/mol. The van der Waals surface area contributed by atoms with Crippen LogP contribution in [0.25, 0.3) is 11.1 Å². The number of hydrogen-bond acceptors (Lipinski definition) is 2. The summed E-state index contributed by atoms with van der Waals surface area (Å²) in [4.78, 5) is 11.2. The molecule has 0 fully saturated rings. The van der Waals surface area contributed by atoms with Gasteiger partial charge in [0.1, 0.15) is 6.10 Å². The van der Waals surface area contributed by atoms with Crippen molar-refractivity contribution >= 4 is 6.09 Å². The first-order valence-corrected chi connectivity index (χ1v) is 7.94. The van der Waals surface area contributed by atoms with Gasteiger partial charge in [-0.3, -0.25) is 0 Å². The highest BCUT2D eigenvalue weighted by molar-refractivity contribution is 5.70. The van der Waals surface area contributed by atoms with Crippen molar-refractivity contribution in [1.82, 2.24) is 0 Å². The van der Waals surface area contributed by atoms with Crippen molar-refractivity contribution in [3.63, 3.8) is 0 Å². The van der Waals surface area contributed by atoms with Crippen LogP contribution in [-0.4, -0.2) is 6.09 Å². The monoisotopic (exact) mass is 309 g/mol. The molecule has 0 spiro atoms. The lowest BCUT2D eigenvalue weighted by molar-refractivity contribution is 0.0392. The number of primary amides is 1. The van der Waals surface area contributed by atoms with Gasteiger partial charge in [0, 0.05) is 5.41 Å². The standard InChI is InChI=1S/C20H23NO2/c1-12-5-6-13(2)17(9-12)14-7-8-16-15(10-14)11-20(3,4)18(16)23-19(21)22/h5-10,18H,11H2,1-4H3,(H2,21,22). The lowest BCUT2D eigenvalue weighted by atomic mass is 9.87. The van der Waals surface area contributed by atoms with E-state index in [0.29, 0.717) is 0 Å². The number of benzene rings is 2. The summed E-state index contributed by atoms with van der Waals surface area (Å²) >= 11 is 0. The zero-order valence-electron chi connectivity index (χ0n) is 14.1. The molecule has 1 unspecified atom stereocenters. The molecule has 2 aromatic carbocycles. The maximum Gasteiger partial charge on any atom is 0.405 e. The minimum atomic E-state index is -0.713. The number of hydrogen-bond donors (Lipinski definition) is 1. The Morgan fingerprint density at radius 2 is 1.91 bits per heavy atom. The van der Waals surface area contributed by atoms with Gasteiger partial charge >= 0.3 is 6.09 Å². The Hall–Kier alpha value is -2.29. The van der Waals surface area contributed by atoms with E-state index in [1.54, 1.807) is 0 Å². The molecule has 120 valence electrons. The predicted octanol–water partition coefficient (Wildman–Crippen LogP) is 4.69. The highest BCUT2D eigenvalue weighted by Gasteiger charge is 2.41. The van der Waals surface area contributed by atoms with E-state index in [1.165, 1.54) is 27.8 Å². The van der Waals surface area contributed by atoms with Crippen molar-refractivity contribution in [3.8, 4) is 11.1 Å². The van der Waals surface area contributed by atoms with Crippen LogP contribution in [0.4, 0.5) is 4.79 Å². The third kappa shape index (κ3) is 2.83. The number of rotatable bonds is 2. The number of amides is 1. The highest BCUT2D eigenvalue weighted by Crippen LogP contribution is 2.48. The summed E-state index contributed by atoms with van der Waals surface area (Å²) in [5.41, 5.74) is 12.4. The normalized spacial score (nSPS) is 18.5. The van der Waals surface area contributed by atoms with E-state index < -0.39 is 6.09 Å². The predicted molar refractivity (Wildman–Crippen MR) is 92.2 cm³/mol. The number of carbonyl (C=O) groups is 1. The van der Waals surface area contributed by atoms with Crippen molar-refractivity contribution in [3.05, 3.63) is 58.7 Å². The molecule has 1 atom stereocenters. The molecule has 2 aromatic rings. The van der Waals surface area contributed by atoms with Gasteiger partial charge in [-0.25, -0.2) is 4.79 Å². The minimum absolute atomic E-state index is 0.141. The second-order valence-electron chi connectivity index (χ2n) is 7.21. The lowest BCUT2D eigenvalue weighted by Gasteiger charge is -2.26. The quantitative estimate of drug-likeness (QED) is 0.875. The van der Waals surface area contributed by atoms with E-state index in [2.05, 4.69) is 64.1 Å². The van der Waals surface area contributed by atoms with Gasteiger partial charge in [-0.15, -0.1) is 0 Å². The van der Waals surface area contributed by atoms with Crippen LogP contribution in [-0.2, 0) is 11.2 Å². The van der Waals surface area contributed by atoms with Gasteiger partial charge in [-0.1, -0.05) is 55.8 Å². The Balaban J connectivity index is 2.05. The summed E-state index contributed by atoms with van der Waals surface area (Å²) in [6.07, 6.45) is -0.115. The highest BCUT2D eigenvalue weighted by atomic mass is 16.6. The first-order chi connectivity index (χ1) is 10.8. The Morgan fingerprint density at radius 3 is 2.61 bits per heavy atom. The second-order valence-corrected chi connectivity index (χ2v) is 7.21. The topological polar surface area (TPSA) is 52.3 Å². The summed E-state index contributed by atoms with van der Waals surface area (Å²) in [6, 6.07) is 12.9. The van der Waals surface area contributed by atoms with Crippen LogP contribution in [0.1, 0.15) is 42.2 Å². The van der Waals surface area contributed by atoms with Gasteiger partial charge in [-0.2, -0.15) is 0 Å². The molecule has 0 aliphatic heterocycles. The molecule has 1 amide bonds. The average molecular weight is 309 g/mol. The largest absolute Gasteiger partial charge is 0.441 e. The van der Waals surface area contributed by atoms with Crippen LogP contribution in [0.5, 0.6) is 0 Å². The summed E-state index contributed by atoms with van der Waals surface area (Å²) in [6.45, 7) is 8.46. The first-order valence-electron chi connectivity index (χ1n) is 7.94. The van der Waals surface area contributed by atoms with E-state index in [1.807, 2.05) is 0 Å². The maximum absolute atomic E-state index is 11.2. The molecule has 3 heteroatoms. The van der Waals surface area contributed by atoms with Gasteiger partial charge in [0.05, 0.1) is 0 Å². The van der Waals surface area contributed by atoms with Gasteiger partial charge in [0.15, 0.2) is 0 Å². The van der Waals surface area contributed by atoms with E-state index in [9.17, 15) is 4.79 Å². The molecule has 3 nitrogen and oxygen atoms in total. The lowest BCUT2D eigenvalue weighted by Crippen LogP contribution is -2.25. The van der Waals surface area contributed by atoms with E-state index in [4.69, 9.17) is 10.5 Å². The number of aryl methyl sites for hydroxylation is 2. The van der Waals surface area contributed by atoms with E-state index >= 15 is 0 Å². The molecule has 0 radical (unpaired) electrons. The van der Waals surface area contributed by atoms with Crippen LogP contribution in [0.3, 0.4) is 0 Å². The zero-order valence-corrected chi connectivity index (χ0v) is 14.1. The van der Waals surface area contributed by atoms with Crippen LogP contribution in [0, 0.1) is 19.3 Å². The van der Waals surface area contributed by atoms with Gasteiger partial charge in [0.25, 0.3) is 0 Å². The van der Waals surface area contributed by atoms with Crippen LogP contribution >= 0.6 is 0 Å². The Labute approximate surface area is 137 Å². The maximum atomic E-state index is 11.2. The van der Waals surface area contributed by atoms with Gasteiger partial charge in [0.2, 0.25) is 0 Å². The molecule has 0 aromatic heterocycles. The Kier molecular flexibility index (Phi) is 3.67. The molecule has 0 heterocycles. The third-order valence-electron chi connectivity index (χ3n) is 4.72. The summed E-state index contributed by atoms with van der Waals surface area (Å²) < 4.78 is 5.38. The summed E-state index contributed by atoms with van der Waals surface area (Å²) in [5.74, 6) is 0. The van der Waals surface area contributed by atoms with Crippen molar-refractivity contribution in [2.24, 2.45) is 11.1 Å².